The minimum absolute atomic E-state index is 0.0978. The Morgan fingerprint density at radius 3 is 2.55 bits per heavy atom. The van der Waals surface area contributed by atoms with Crippen molar-refractivity contribution in [3.63, 3.8) is 0 Å². The van der Waals surface area contributed by atoms with Gasteiger partial charge in [-0.3, -0.25) is 4.90 Å². The van der Waals surface area contributed by atoms with Crippen LogP contribution in [0.3, 0.4) is 0 Å². The second-order valence-corrected chi connectivity index (χ2v) is 5.96. The lowest BCUT2D eigenvalue weighted by Crippen LogP contribution is -2.46. The minimum Gasteiger partial charge on any atom is -0.480 e. The highest BCUT2D eigenvalue weighted by Crippen LogP contribution is 2.14. The molecule has 1 aromatic carbocycles. The zero-order valence-electron chi connectivity index (χ0n) is 13.2. The van der Waals surface area contributed by atoms with Crippen molar-refractivity contribution in [2.24, 2.45) is 0 Å². The predicted octanol–water partition coefficient (Wildman–Crippen LogP) is 2.42. The van der Waals surface area contributed by atoms with Gasteiger partial charge in [-0.15, -0.1) is 0 Å². The van der Waals surface area contributed by atoms with Gasteiger partial charge in [-0.2, -0.15) is 5.26 Å². The van der Waals surface area contributed by atoms with Crippen molar-refractivity contribution in [2.75, 3.05) is 7.05 Å². The van der Waals surface area contributed by atoms with Gasteiger partial charge in [0.15, 0.2) is 0 Å². The topological polar surface area (TPSA) is 90.6 Å². The van der Waals surface area contributed by atoms with Gasteiger partial charge in [0.1, 0.15) is 11.6 Å². The van der Waals surface area contributed by atoms with E-state index in [0.29, 0.717) is 11.1 Å². The van der Waals surface area contributed by atoms with Gasteiger partial charge in [-0.25, -0.2) is 9.59 Å². The number of benzene rings is 1. The van der Waals surface area contributed by atoms with Crippen LogP contribution in [0.4, 0.5) is 4.79 Å². The van der Waals surface area contributed by atoms with E-state index in [1.165, 1.54) is 7.05 Å². The van der Waals surface area contributed by atoms with Gasteiger partial charge in [-0.1, -0.05) is 12.1 Å². The van der Waals surface area contributed by atoms with Crippen LogP contribution < -0.4 is 0 Å². The number of nitriles is 1. The summed E-state index contributed by atoms with van der Waals surface area (Å²) in [5.41, 5.74) is 0.415. The van der Waals surface area contributed by atoms with Crippen molar-refractivity contribution < 1.29 is 19.4 Å². The molecule has 0 aliphatic heterocycles. The summed E-state index contributed by atoms with van der Waals surface area (Å²) in [5.74, 6) is -1.13. The molecule has 1 amide bonds. The number of carboxylic acid groups (broad SMARTS) is 1. The Morgan fingerprint density at radius 2 is 2.05 bits per heavy atom. The summed E-state index contributed by atoms with van der Waals surface area (Å²) in [4.78, 5) is 24.5. The third-order valence-corrected chi connectivity index (χ3v) is 2.92. The monoisotopic (exact) mass is 304 g/mol. The first kappa shape index (κ1) is 17.5. The fourth-order valence-corrected chi connectivity index (χ4v) is 1.84. The summed E-state index contributed by atoms with van der Waals surface area (Å²) in [5, 5.41) is 18.2. The molecule has 0 fully saturated rings. The van der Waals surface area contributed by atoms with Crippen LogP contribution in [0.2, 0.25) is 0 Å². The number of hydrogen-bond donors (Lipinski definition) is 1. The van der Waals surface area contributed by atoms with Crippen LogP contribution in [0.1, 0.15) is 31.9 Å². The standard InChI is InChI=1S/C16H20N2O4/c1-16(2,3)22-15(21)18(4)13(14(19)20)9-11-6-5-7-12(8-11)10-17/h5-8,13H,9H2,1-4H3,(H,19,20)/t13-/m1/s1. The molecule has 0 spiro atoms. The van der Waals surface area contributed by atoms with E-state index in [0.717, 1.165) is 4.90 Å². The maximum atomic E-state index is 12.0. The van der Waals surface area contributed by atoms with Crippen LogP contribution in [-0.4, -0.2) is 40.8 Å². The molecule has 22 heavy (non-hydrogen) atoms. The van der Waals surface area contributed by atoms with Crippen LogP contribution >= 0.6 is 0 Å². The SMILES string of the molecule is CN(C(=O)OC(C)(C)C)[C@H](Cc1cccc(C#N)c1)C(=O)O. The number of carbonyl (C=O) groups is 2. The number of aliphatic carboxylic acids is 1. The van der Waals surface area contributed by atoms with Crippen molar-refractivity contribution in [1.82, 2.24) is 4.90 Å². The molecule has 0 saturated heterocycles. The zero-order valence-corrected chi connectivity index (χ0v) is 13.2. The number of rotatable bonds is 4. The van der Waals surface area contributed by atoms with Crippen molar-refractivity contribution in [3.8, 4) is 6.07 Å². The zero-order chi connectivity index (χ0) is 16.9. The van der Waals surface area contributed by atoms with Gasteiger partial charge in [0, 0.05) is 13.5 Å². The lowest BCUT2D eigenvalue weighted by Gasteiger charge is -2.28. The van der Waals surface area contributed by atoms with Crippen molar-refractivity contribution >= 4 is 12.1 Å². The molecule has 1 N–H and O–H groups in total. The van der Waals surface area contributed by atoms with Gasteiger partial charge in [-0.05, 0) is 38.5 Å². The lowest BCUT2D eigenvalue weighted by molar-refractivity contribution is -0.142. The average molecular weight is 304 g/mol. The van der Waals surface area contributed by atoms with Gasteiger partial charge < -0.3 is 9.84 Å². The largest absolute Gasteiger partial charge is 0.480 e. The smallest absolute Gasteiger partial charge is 0.410 e. The Bertz CT molecular complexity index is 599. The van der Waals surface area contributed by atoms with E-state index in [-0.39, 0.29) is 6.42 Å². The summed E-state index contributed by atoms with van der Waals surface area (Å²) in [7, 11) is 1.39. The van der Waals surface area contributed by atoms with Gasteiger partial charge in [0.05, 0.1) is 11.6 Å². The number of hydrogen-bond acceptors (Lipinski definition) is 4. The van der Waals surface area contributed by atoms with E-state index in [2.05, 4.69) is 0 Å². The van der Waals surface area contributed by atoms with E-state index in [9.17, 15) is 14.7 Å². The van der Waals surface area contributed by atoms with Crippen molar-refractivity contribution in [2.45, 2.75) is 38.8 Å². The molecule has 1 aromatic rings. The second-order valence-electron chi connectivity index (χ2n) is 5.96. The van der Waals surface area contributed by atoms with Gasteiger partial charge in [0.25, 0.3) is 0 Å². The Balaban J connectivity index is 2.92. The number of amides is 1. The Kier molecular flexibility index (Phi) is 5.52. The quantitative estimate of drug-likeness (QED) is 0.922. The molecule has 0 unspecified atom stereocenters. The molecule has 0 heterocycles. The maximum absolute atomic E-state index is 12.0. The molecule has 6 nitrogen and oxygen atoms in total. The molecule has 0 saturated carbocycles. The molecule has 118 valence electrons. The third kappa shape index (κ3) is 5.09. The van der Waals surface area contributed by atoms with Crippen LogP contribution in [0.15, 0.2) is 24.3 Å². The van der Waals surface area contributed by atoms with E-state index >= 15 is 0 Å². The van der Waals surface area contributed by atoms with Crippen LogP contribution in [0, 0.1) is 11.3 Å². The summed E-state index contributed by atoms with van der Waals surface area (Å²) in [6.45, 7) is 5.14. The lowest BCUT2D eigenvalue weighted by atomic mass is 10.0. The second kappa shape index (κ2) is 6.94. The molecule has 6 heteroatoms. The van der Waals surface area contributed by atoms with E-state index in [1.54, 1.807) is 45.0 Å². The van der Waals surface area contributed by atoms with Gasteiger partial charge >= 0.3 is 12.1 Å². The normalized spacial score (nSPS) is 12.1. The first-order valence-corrected chi connectivity index (χ1v) is 6.81. The summed E-state index contributed by atoms with van der Waals surface area (Å²) in [6.07, 6.45) is -0.600. The number of ether oxygens (including phenoxy) is 1. The van der Waals surface area contributed by atoms with Crippen LogP contribution in [0.25, 0.3) is 0 Å². The van der Waals surface area contributed by atoms with Gasteiger partial charge in [0.2, 0.25) is 0 Å². The maximum Gasteiger partial charge on any atom is 0.410 e. The first-order chi connectivity index (χ1) is 10.1. The van der Waals surface area contributed by atoms with Crippen molar-refractivity contribution in [1.29, 1.82) is 5.26 Å². The summed E-state index contributed by atoms with van der Waals surface area (Å²) >= 11 is 0. The summed E-state index contributed by atoms with van der Waals surface area (Å²) < 4.78 is 5.18. The Hall–Kier alpha value is -2.55. The molecule has 1 rings (SSSR count). The van der Waals surface area contributed by atoms with Crippen LogP contribution in [-0.2, 0) is 16.0 Å². The van der Waals surface area contributed by atoms with Crippen LogP contribution in [0.5, 0.6) is 0 Å². The number of carboxylic acids is 1. The minimum atomic E-state index is -1.13. The first-order valence-electron chi connectivity index (χ1n) is 6.81. The molecule has 0 aliphatic rings. The fraction of sp³-hybridized carbons (Fsp3) is 0.438. The Labute approximate surface area is 129 Å². The highest BCUT2D eigenvalue weighted by Gasteiger charge is 2.30. The van der Waals surface area contributed by atoms with E-state index in [1.807, 2.05) is 6.07 Å². The molecule has 1 atom stereocenters. The third-order valence-electron chi connectivity index (χ3n) is 2.92. The molecular weight excluding hydrogens is 284 g/mol. The molecule has 0 radical (unpaired) electrons. The molecule has 0 aliphatic carbocycles. The molecule has 0 aromatic heterocycles. The molecule has 0 bridgehead atoms. The number of carbonyl (C=O) groups excluding carboxylic acids is 1. The number of nitrogens with zero attached hydrogens (tertiary/aromatic N) is 2. The van der Waals surface area contributed by atoms with Crippen molar-refractivity contribution in [3.05, 3.63) is 35.4 Å². The fourth-order valence-electron chi connectivity index (χ4n) is 1.84. The molecular formula is C16H20N2O4. The highest BCUT2D eigenvalue weighted by molar-refractivity contribution is 5.80. The highest BCUT2D eigenvalue weighted by atomic mass is 16.6. The Morgan fingerprint density at radius 1 is 1.41 bits per heavy atom. The summed E-state index contributed by atoms with van der Waals surface area (Å²) in [6, 6.07) is 7.58. The van der Waals surface area contributed by atoms with E-state index < -0.39 is 23.7 Å². The average Bonchev–Trinajstić information content (AvgIpc) is 2.42. The van der Waals surface area contributed by atoms with E-state index in [4.69, 9.17) is 10.00 Å². The number of likely N-dealkylation sites (N-methyl/N-ethyl adjacent to an activating group) is 1. The predicted molar refractivity (Wildman–Crippen MR) is 80.3 cm³/mol.